The summed E-state index contributed by atoms with van der Waals surface area (Å²) in [5.41, 5.74) is 0.258. The van der Waals surface area contributed by atoms with Gasteiger partial charge in [0.05, 0.1) is 10.8 Å². The molecule has 0 aromatic heterocycles. The zero-order valence-electron chi connectivity index (χ0n) is 9.89. The smallest absolute Gasteiger partial charge is 0.335 e. The number of carboxylic acid groups (broad SMARTS) is 1. The normalized spacial score (nSPS) is 20.0. The zero-order valence-corrected chi connectivity index (χ0v) is 10.7. The molecule has 1 aliphatic heterocycles. The first-order chi connectivity index (χ1) is 8.66. The van der Waals surface area contributed by atoms with Crippen molar-refractivity contribution in [3.8, 4) is 0 Å². The fourth-order valence-electron chi connectivity index (χ4n) is 1.89. The van der Waals surface area contributed by atoms with Gasteiger partial charge in [0.15, 0.2) is 0 Å². The lowest BCUT2D eigenvalue weighted by Gasteiger charge is -2.12. The Morgan fingerprint density at radius 1 is 1.39 bits per heavy atom. The van der Waals surface area contributed by atoms with Crippen LogP contribution in [0.4, 0.5) is 0 Å². The Morgan fingerprint density at radius 2 is 2.22 bits per heavy atom. The van der Waals surface area contributed by atoms with E-state index in [-0.39, 0.29) is 16.7 Å². The molecule has 0 spiro atoms. The first-order valence-electron chi connectivity index (χ1n) is 5.94. The van der Waals surface area contributed by atoms with Gasteiger partial charge in [0, 0.05) is 11.4 Å². The lowest BCUT2D eigenvalue weighted by atomic mass is 10.2. The lowest BCUT2D eigenvalue weighted by Crippen LogP contribution is -2.30. The highest BCUT2D eigenvalue weighted by Gasteiger charge is 2.21. The summed E-state index contributed by atoms with van der Waals surface area (Å²) in [6.45, 7) is 0.741. The molecule has 1 aliphatic rings. The van der Waals surface area contributed by atoms with E-state index in [0.29, 0.717) is 0 Å². The van der Waals surface area contributed by atoms with E-state index in [4.69, 9.17) is 5.11 Å². The number of nitrogens with one attached hydrogen (secondary N) is 1. The number of carbonyl (C=O) groups excluding carboxylic acids is 1. The van der Waals surface area contributed by atoms with Crippen molar-refractivity contribution in [3.63, 3.8) is 0 Å². The van der Waals surface area contributed by atoms with Gasteiger partial charge in [0.2, 0.25) is 5.91 Å². The van der Waals surface area contributed by atoms with Crippen LogP contribution in [-0.4, -0.2) is 28.8 Å². The second-order valence-corrected chi connectivity index (χ2v) is 5.50. The number of benzene rings is 1. The molecule has 1 unspecified atom stereocenters. The van der Waals surface area contributed by atoms with Crippen LogP contribution in [-0.2, 0) is 4.79 Å². The lowest BCUT2D eigenvalue weighted by molar-refractivity contribution is -0.120. The Balaban J connectivity index is 2.10. The minimum absolute atomic E-state index is 0.0539. The van der Waals surface area contributed by atoms with Crippen molar-refractivity contribution in [2.45, 2.75) is 29.4 Å². The summed E-state index contributed by atoms with van der Waals surface area (Å²) in [4.78, 5) is 23.5. The van der Waals surface area contributed by atoms with E-state index >= 15 is 0 Å². The molecular formula is C13H15NO3S. The van der Waals surface area contributed by atoms with Crippen molar-refractivity contribution in [2.24, 2.45) is 0 Å². The minimum atomic E-state index is -0.942. The summed E-state index contributed by atoms with van der Waals surface area (Å²) in [6.07, 6.45) is 2.88. The SMILES string of the molecule is O=C(O)c1cccc(SC2CCCCNC2=O)c1. The molecule has 18 heavy (non-hydrogen) atoms. The monoisotopic (exact) mass is 265 g/mol. The number of carboxylic acids is 1. The molecule has 0 aliphatic carbocycles. The molecule has 1 amide bonds. The zero-order chi connectivity index (χ0) is 13.0. The maximum atomic E-state index is 11.8. The molecule has 1 atom stereocenters. The summed E-state index contributed by atoms with van der Waals surface area (Å²) in [5, 5.41) is 11.7. The van der Waals surface area contributed by atoms with Gasteiger partial charge in [-0.1, -0.05) is 12.5 Å². The van der Waals surface area contributed by atoms with Crippen molar-refractivity contribution in [1.82, 2.24) is 5.32 Å². The molecule has 1 aromatic rings. The molecule has 1 fully saturated rings. The molecule has 0 radical (unpaired) electrons. The van der Waals surface area contributed by atoms with Crippen LogP contribution in [0, 0.1) is 0 Å². The third-order valence-electron chi connectivity index (χ3n) is 2.84. The van der Waals surface area contributed by atoms with E-state index < -0.39 is 5.97 Å². The molecule has 2 rings (SSSR count). The van der Waals surface area contributed by atoms with Gasteiger partial charge in [0.25, 0.3) is 0 Å². The Bertz CT molecular complexity index is 461. The second-order valence-electron chi connectivity index (χ2n) is 4.23. The van der Waals surface area contributed by atoms with E-state index in [2.05, 4.69) is 5.32 Å². The molecule has 5 heteroatoms. The van der Waals surface area contributed by atoms with Crippen LogP contribution in [0.15, 0.2) is 29.2 Å². The highest BCUT2D eigenvalue weighted by atomic mass is 32.2. The number of hydrogen-bond acceptors (Lipinski definition) is 3. The van der Waals surface area contributed by atoms with Crippen LogP contribution >= 0.6 is 11.8 Å². The highest BCUT2D eigenvalue weighted by molar-refractivity contribution is 8.00. The van der Waals surface area contributed by atoms with Crippen LogP contribution in [0.25, 0.3) is 0 Å². The van der Waals surface area contributed by atoms with Gasteiger partial charge in [-0.15, -0.1) is 11.8 Å². The van der Waals surface area contributed by atoms with Gasteiger partial charge in [0.1, 0.15) is 0 Å². The van der Waals surface area contributed by atoms with E-state index in [1.54, 1.807) is 18.2 Å². The number of aromatic carboxylic acids is 1. The number of carbonyl (C=O) groups is 2. The fraction of sp³-hybridized carbons (Fsp3) is 0.385. The van der Waals surface area contributed by atoms with E-state index in [1.807, 2.05) is 6.07 Å². The highest BCUT2D eigenvalue weighted by Crippen LogP contribution is 2.28. The van der Waals surface area contributed by atoms with Gasteiger partial charge >= 0.3 is 5.97 Å². The van der Waals surface area contributed by atoms with E-state index in [9.17, 15) is 9.59 Å². The van der Waals surface area contributed by atoms with E-state index in [1.165, 1.54) is 11.8 Å². The van der Waals surface area contributed by atoms with E-state index in [0.717, 1.165) is 30.7 Å². The number of hydrogen-bond donors (Lipinski definition) is 2. The van der Waals surface area contributed by atoms with Crippen LogP contribution in [0.3, 0.4) is 0 Å². The Hall–Kier alpha value is -1.49. The standard InChI is InChI=1S/C13H15NO3S/c15-12-11(6-1-2-7-14-12)18-10-5-3-4-9(8-10)13(16)17/h3-5,8,11H,1-2,6-7H2,(H,14,15)(H,16,17). The van der Waals surface area contributed by atoms with Gasteiger partial charge in [-0.05, 0) is 31.0 Å². The summed E-state index contributed by atoms with van der Waals surface area (Å²) >= 11 is 1.44. The fourth-order valence-corrected chi connectivity index (χ4v) is 3.05. The van der Waals surface area contributed by atoms with Crippen LogP contribution < -0.4 is 5.32 Å². The van der Waals surface area contributed by atoms with Crippen molar-refractivity contribution < 1.29 is 14.7 Å². The quantitative estimate of drug-likeness (QED) is 0.878. The Kier molecular flexibility index (Phi) is 4.25. The summed E-state index contributed by atoms with van der Waals surface area (Å²) < 4.78 is 0. The summed E-state index contributed by atoms with van der Waals surface area (Å²) in [5.74, 6) is -0.888. The third kappa shape index (κ3) is 3.26. The Morgan fingerprint density at radius 3 is 3.00 bits per heavy atom. The predicted molar refractivity (Wildman–Crippen MR) is 69.9 cm³/mol. The predicted octanol–water partition coefficient (Wildman–Crippen LogP) is 2.15. The summed E-state index contributed by atoms with van der Waals surface area (Å²) in [7, 11) is 0. The summed E-state index contributed by atoms with van der Waals surface area (Å²) in [6, 6.07) is 6.72. The molecule has 1 aromatic carbocycles. The average Bonchev–Trinajstić information content (AvgIpc) is 2.55. The topological polar surface area (TPSA) is 66.4 Å². The molecule has 2 N–H and O–H groups in total. The number of amides is 1. The van der Waals surface area contributed by atoms with Gasteiger partial charge in [-0.25, -0.2) is 4.79 Å². The third-order valence-corrected chi connectivity index (χ3v) is 4.10. The van der Waals surface area contributed by atoms with Crippen molar-refractivity contribution in [1.29, 1.82) is 0 Å². The van der Waals surface area contributed by atoms with Crippen LogP contribution in [0.2, 0.25) is 0 Å². The maximum absolute atomic E-state index is 11.8. The average molecular weight is 265 g/mol. The number of thioether (sulfide) groups is 1. The molecule has 96 valence electrons. The van der Waals surface area contributed by atoms with Crippen molar-refractivity contribution >= 4 is 23.6 Å². The first kappa shape index (κ1) is 13.0. The number of rotatable bonds is 3. The Labute approximate surface area is 110 Å². The molecule has 0 bridgehead atoms. The molecular weight excluding hydrogens is 250 g/mol. The molecule has 1 saturated heterocycles. The molecule has 4 nitrogen and oxygen atoms in total. The van der Waals surface area contributed by atoms with Crippen LogP contribution in [0.1, 0.15) is 29.6 Å². The van der Waals surface area contributed by atoms with Gasteiger partial charge < -0.3 is 10.4 Å². The second kappa shape index (κ2) is 5.91. The van der Waals surface area contributed by atoms with Crippen LogP contribution in [0.5, 0.6) is 0 Å². The van der Waals surface area contributed by atoms with Gasteiger partial charge in [-0.3, -0.25) is 4.79 Å². The largest absolute Gasteiger partial charge is 0.478 e. The molecule has 0 saturated carbocycles. The first-order valence-corrected chi connectivity index (χ1v) is 6.82. The van der Waals surface area contributed by atoms with Gasteiger partial charge in [-0.2, -0.15) is 0 Å². The minimum Gasteiger partial charge on any atom is -0.478 e. The molecule has 1 heterocycles. The van der Waals surface area contributed by atoms with Crippen molar-refractivity contribution in [3.05, 3.63) is 29.8 Å². The van der Waals surface area contributed by atoms with Crippen molar-refractivity contribution in [2.75, 3.05) is 6.54 Å². The maximum Gasteiger partial charge on any atom is 0.335 e.